The van der Waals surface area contributed by atoms with Crippen LogP contribution in [-0.2, 0) is 20.4 Å². The molecule has 1 aromatic rings. The summed E-state index contributed by atoms with van der Waals surface area (Å²) >= 11 is 11.1. The molecule has 0 aromatic carbocycles. The third-order valence-electron chi connectivity index (χ3n) is 1.70. The van der Waals surface area contributed by atoms with Gasteiger partial charge in [0.2, 0.25) is 10.6 Å². The molecule has 6 N–H and O–H groups in total. The highest BCUT2D eigenvalue weighted by atomic mass is 35.5. The molecule has 1 aromatic heterocycles. The van der Waals surface area contributed by atoms with Crippen LogP contribution in [0.15, 0.2) is 0 Å². The van der Waals surface area contributed by atoms with E-state index >= 15 is 0 Å². The molecule has 0 spiro atoms. The predicted molar refractivity (Wildman–Crippen MR) is 69.9 cm³/mol. The molecule has 0 bridgehead atoms. The fraction of sp³-hybridized carbons (Fsp3) is 0.400. The Kier molecular flexibility index (Phi) is 5.56. The molecule has 0 aliphatic rings. The van der Waals surface area contributed by atoms with E-state index < -0.39 is 33.0 Å². The monoisotopic (exact) mass is 365 g/mol. The van der Waals surface area contributed by atoms with Crippen molar-refractivity contribution >= 4 is 43.6 Å². The molecule has 1 heterocycles. The fourth-order valence-corrected chi connectivity index (χ4v) is 2.44. The van der Waals surface area contributed by atoms with E-state index in [9.17, 15) is 16.8 Å². The first-order chi connectivity index (χ1) is 8.96. The van der Waals surface area contributed by atoms with E-state index in [1.165, 1.54) is 0 Å². The number of hydrogen-bond acceptors (Lipinski definition) is 7. The second kappa shape index (κ2) is 6.40. The van der Waals surface area contributed by atoms with Crippen molar-refractivity contribution in [2.75, 3.05) is 6.54 Å². The first-order valence-electron chi connectivity index (χ1n) is 4.61. The van der Waals surface area contributed by atoms with Crippen molar-refractivity contribution in [2.45, 2.75) is 6.04 Å². The van der Waals surface area contributed by atoms with Gasteiger partial charge in [-0.25, -0.2) is 25.0 Å². The molecular formula is C5H9Cl2N7O4S2. The standard InChI is InChI=1S/C5H9Cl2N7O4S2/c6-4-11-3(12-5(7)13-4)2(14-20(9,17)18)1-10-19(8,15)16/h2,10,14H,1H2,(H2,8,15,16)(H2,9,17,18). The Morgan fingerprint density at radius 2 is 1.50 bits per heavy atom. The maximum absolute atomic E-state index is 11.0. The van der Waals surface area contributed by atoms with Gasteiger partial charge in [-0.3, -0.25) is 0 Å². The van der Waals surface area contributed by atoms with Gasteiger partial charge in [-0.2, -0.15) is 26.5 Å². The summed E-state index contributed by atoms with van der Waals surface area (Å²) in [6, 6.07) is -1.28. The Bertz CT molecular complexity index is 673. The second-order valence-corrected chi connectivity index (χ2v) is 6.72. The summed E-state index contributed by atoms with van der Waals surface area (Å²) in [5, 5.41) is 8.92. The minimum Gasteiger partial charge on any atom is -0.216 e. The number of nitrogens with zero attached hydrogens (tertiary/aromatic N) is 3. The van der Waals surface area contributed by atoms with Crippen LogP contribution in [0.3, 0.4) is 0 Å². The van der Waals surface area contributed by atoms with E-state index in [4.69, 9.17) is 33.5 Å². The first kappa shape index (κ1) is 17.4. The summed E-state index contributed by atoms with van der Waals surface area (Å²) in [5.74, 6) is -0.236. The van der Waals surface area contributed by atoms with Crippen LogP contribution in [0.4, 0.5) is 0 Å². The van der Waals surface area contributed by atoms with Crippen molar-refractivity contribution < 1.29 is 16.8 Å². The summed E-state index contributed by atoms with van der Waals surface area (Å²) < 4.78 is 47.5. The molecule has 0 saturated heterocycles. The topological polar surface area (TPSA) is 183 Å². The molecular weight excluding hydrogens is 357 g/mol. The Hall–Kier alpha value is -0.670. The van der Waals surface area contributed by atoms with Crippen LogP contribution >= 0.6 is 23.2 Å². The van der Waals surface area contributed by atoms with Crippen molar-refractivity contribution in [2.24, 2.45) is 10.3 Å². The van der Waals surface area contributed by atoms with Gasteiger partial charge in [-0.15, -0.1) is 0 Å². The lowest BCUT2D eigenvalue weighted by atomic mass is 10.3. The van der Waals surface area contributed by atoms with Gasteiger partial charge in [0, 0.05) is 6.54 Å². The summed E-state index contributed by atoms with van der Waals surface area (Å²) in [5.41, 5.74) is 0. The Labute approximate surface area is 124 Å². The summed E-state index contributed by atoms with van der Waals surface area (Å²) in [4.78, 5) is 10.7. The van der Waals surface area contributed by atoms with Crippen molar-refractivity contribution in [3.63, 3.8) is 0 Å². The molecule has 0 aliphatic carbocycles. The summed E-state index contributed by atoms with van der Waals surface area (Å²) in [6.07, 6.45) is 0. The molecule has 0 saturated carbocycles. The number of nitrogens with two attached hydrogens (primary N) is 2. The maximum Gasteiger partial charge on any atom is 0.275 e. The Morgan fingerprint density at radius 1 is 1.00 bits per heavy atom. The van der Waals surface area contributed by atoms with Crippen LogP contribution in [0, 0.1) is 0 Å². The molecule has 11 nitrogen and oxygen atoms in total. The predicted octanol–water partition coefficient (Wildman–Crippen LogP) is -2.19. The fourth-order valence-electron chi connectivity index (χ4n) is 1.08. The van der Waals surface area contributed by atoms with Gasteiger partial charge in [-0.05, 0) is 23.2 Å². The summed E-state index contributed by atoms with van der Waals surface area (Å²) in [7, 11) is -8.24. The Balaban J connectivity index is 3.09. The van der Waals surface area contributed by atoms with Crippen LogP contribution < -0.4 is 19.7 Å². The average Bonchev–Trinajstić information content (AvgIpc) is 2.20. The molecule has 0 fully saturated rings. The molecule has 0 amide bonds. The third-order valence-corrected chi connectivity index (χ3v) is 3.23. The lowest BCUT2D eigenvalue weighted by molar-refractivity contribution is 0.529. The van der Waals surface area contributed by atoms with Crippen LogP contribution in [0.25, 0.3) is 0 Å². The Morgan fingerprint density at radius 3 is 1.90 bits per heavy atom. The molecule has 0 aliphatic heterocycles. The molecule has 114 valence electrons. The number of hydrogen-bond donors (Lipinski definition) is 4. The van der Waals surface area contributed by atoms with Crippen molar-refractivity contribution in [1.29, 1.82) is 0 Å². The highest BCUT2D eigenvalue weighted by Gasteiger charge is 2.22. The molecule has 1 rings (SSSR count). The molecule has 1 atom stereocenters. The van der Waals surface area contributed by atoms with Gasteiger partial charge in [-0.1, -0.05) is 0 Å². The molecule has 1 unspecified atom stereocenters. The lowest BCUT2D eigenvalue weighted by Gasteiger charge is -2.15. The van der Waals surface area contributed by atoms with Crippen molar-refractivity contribution in [1.82, 2.24) is 24.4 Å². The minimum absolute atomic E-state index is 0.236. The maximum atomic E-state index is 11.0. The van der Waals surface area contributed by atoms with Crippen molar-refractivity contribution in [3.05, 3.63) is 16.4 Å². The normalized spacial score (nSPS) is 14.2. The van der Waals surface area contributed by atoms with Crippen LogP contribution in [0.1, 0.15) is 11.9 Å². The van der Waals surface area contributed by atoms with E-state index in [0.29, 0.717) is 0 Å². The zero-order chi connectivity index (χ0) is 15.6. The average molecular weight is 366 g/mol. The highest BCUT2D eigenvalue weighted by Crippen LogP contribution is 2.13. The zero-order valence-electron chi connectivity index (χ0n) is 9.49. The highest BCUT2D eigenvalue weighted by molar-refractivity contribution is 7.87. The number of aromatic nitrogens is 3. The van der Waals surface area contributed by atoms with E-state index in [1.807, 2.05) is 9.44 Å². The second-order valence-electron chi connectivity index (χ2n) is 3.34. The van der Waals surface area contributed by atoms with Gasteiger partial charge >= 0.3 is 0 Å². The van der Waals surface area contributed by atoms with E-state index in [0.717, 1.165) is 0 Å². The molecule has 20 heavy (non-hydrogen) atoms. The summed E-state index contributed by atoms with van der Waals surface area (Å²) in [6.45, 7) is -0.508. The van der Waals surface area contributed by atoms with Crippen LogP contribution in [0.5, 0.6) is 0 Å². The smallest absolute Gasteiger partial charge is 0.216 e. The SMILES string of the molecule is NS(=O)(=O)NCC(NS(N)(=O)=O)c1nc(Cl)nc(Cl)n1. The van der Waals surface area contributed by atoms with E-state index in [-0.39, 0.29) is 16.4 Å². The molecule has 0 radical (unpaired) electrons. The van der Waals surface area contributed by atoms with Crippen LogP contribution in [0.2, 0.25) is 10.6 Å². The van der Waals surface area contributed by atoms with Crippen LogP contribution in [-0.4, -0.2) is 38.3 Å². The first-order valence-corrected chi connectivity index (χ1v) is 8.45. The number of halogens is 2. The minimum atomic E-state index is -4.18. The van der Waals surface area contributed by atoms with Gasteiger partial charge in [0.25, 0.3) is 20.4 Å². The van der Waals surface area contributed by atoms with Gasteiger partial charge < -0.3 is 0 Å². The quantitative estimate of drug-likeness (QED) is 0.440. The van der Waals surface area contributed by atoms with Gasteiger partial charge in [0.05, 0.1) is 6.04 Å². The van der Waals surface area contributed by atoms with Gasteiger partial charge in [0.1, 0.15) is 0 Å². The van der Waals surface area contributed by atoms with Crippen molar-refractivity contribution in [3.8, 4) is 0 Å². The third kappa shape index (κ3) is 6.67. The lowest BCUT2D eigenvalue weighted by Crippen LogP contribution is -2.43. The number of nitrogens with one attached hydrogen (secondary N) is 2. The van der Waals surface area contributed by atoms with Gasteiger partial charge in [0.15, 0.2) is 5.82 Å². The largest absolute Gasteiger partial charge is 0.275 e. The molecule has 15 heteroatoms. The number of rotatable bonds is 6. The van der Waals surface area contributed by atoms with E-state index in [2.05, 4.69) is 15.0 Å². The zero-order valence-corrected chi connectivity index (χ0v) is 12.6. The van der Waals surface area contributed by atoms with E-state index in [1.54, 1.807) is 0 Å².